The highest BCUT2D eigenvalue weighted by atomic mass is 79.9. The van der Waals surface area contributed by atoms with E-state index in [1.54, 1.807) is 0 Å². The summed E-state index contributed by atoms with van der Waals surface area (Å²) in [5.41, 5.74) is 1.08. The van der Waals surface area contributed by atoms with Gasteiger partial charge < -0.3 is 14.6 Å². The van der Waals surface area contributed by atoms with Crippen LogP contribution >= 0.6 is 15.9 Å². The van der Waals surface area contributed by atoms with E-state index in [4.69, 9.17) is 9.47 Å². The molecule has 0 atom stereocenters. The molecule has 22 heavy (non-hydrogen) atoms. The van der Waals surface area contributed by atoms with Gasteiger partial charge in [0.25, 0.3) is 0 Å². The van der Waals surface area contributed by atoms with E-state index in [-0.39, 0.29) is 0 Å². The summed E-state index contributed by atoms with van der Waals surface area (Å²) in [6.07, 6.45) is 4.86. The molecule has 1 N–H and O–H groups in total. The van der Waals surface area contributed by atoms with E-state index in [0.717, 1.165) is 52.8 Å². The SMILES string of the molecule is CCc1c2c(cc(Br)c1C1(C(=O)O)CCCC1)OCCCO2. The summed E-state index contributed by atoms with van der Waals surface area (Å²) < 4.78 is 12.5. The molecule has 1 aromatic carbocycles. The van der Waals surface area contributed by atoms with Gasteiger partial charge in [0.15, 0.2) is 11.5 Å². The zero-order chi connectivity index (χ0) is 15.7. The topological polar surface area (TPSA) is 55.8 Å². The van der Waals surface area contributed by atoms with Gasteiger partial charge in [0.05, 0.1) is 18.6 Å². The highest BCUT2D eigenvalue weighted by molar-refractivity contribution is 9.10. The lowest BCUT2D eigenvalue weighted by Crippen LogP contribution is -2.34. The predicted octanol–water partition coefficient (Wildman–Crippen LogP) is 4.07. The van der Waals surface area contributed by atoms with Gasteiger partial charge in [0, 0.05) is 16.5 Å². The first-order chi connectivity index (χ1) is 10.6. The van der Waals surface area contributed by atoms with Crippen LogP contribution in [0.15, 0.2) is 10.5 Å². The molecule has 1 heterocycles. The monoisotopic (exact) mass is 368 g/mol. The van der Waals surface area contributed by atoms with Crippen molar-refractivity contribution in [2.45, 2.75) is 50.9 Å². The molecule has 120 valence electrons. The normalized spacial score (nSPS) is 19.7. The molecule has 1 aromatic rings. The van der Waals surface area contributed by atoms with E-state index < -0.39 is 11.4 Å². The van der Waals surface area contributed by atoms with Crippen molar-refractivity contribution in [2.75, 3.05) is 13.2 Å². The molecule has 0 unspecified atom stereocenters. The van der Waals surface area contributed by atoms with Crippen LogP contribution in [0.4, 0.5) is 0 Å². The number of carboxylic acids is 1. The molecule has 1 fully saturated rings. The quantitative estimate of drug-likeness (QED) is 0.873. The van der Waals surface area contributed by atoms with Crippen molar-refractivity contribution in [2.24, 2.45) is 0 Å². The van der Waals surface area contributed by atoms with Crippen LogP contribution in [0.25, 0.3) is 0 Å². The number of hydrogen-bond donors (Lipinski definition) is 1. The second kappa shape index (κ2) is 6.11. The van der Waals surface area contributed by atoms with Crippen molar-refractivity contribution in [3.8, 4) is 11.5 Å². The Balaban J connectivity index is 2.23. The van der Waals surface area contributed by atoms with Gasteiger partial charge in [-0.15, -0.1) is 0 Å². The number of hydrogen-bond acceptors (Lipinski definition) is 3. The predicted molar refractivity (Wildman–Crippen MR) is 86.9 cm³/mol. The number of ether oxygens (including phenoxy) is 2. The maximum absolute atomic E-state index is 12.1. The molecule has 1 aliphatic carbocycles. The van der Waals surface area contributed by atoms with E-state index in [1.165, 1.54) is 0 Å². The molecule has 0 amide bonds. The number of carboxylic acid groups (broad SMARTS) is 1. The highest BCUT2D eigenvalue weighted by Gasteiger charge is 2.46. The minimum Gasteiger partial charge on any atom is -0.490 e. The van der Waals surface area contributed by atoms with Crippen molar-refractivity contribution < 1.29 is 19.4 Å². The zero-order valence-electron chi connectivity index (χ0n) is 12.8. The van der Waals surface area contributed by atoms with E-state index >= 15 is 0 Å². The average molecular weight is 369 g/mol. The Morgan fingerprint density at radius 1 is 1.27 bits per heavy atom. The lowest BCUT2D eigenvalue weighted by molar-refractivity contribution is -0.143. The van der Waals surface area contributed by atoms with Crippen LogP contribution in [-0.2, 0) is 16.6 Å². The van der Waals surface area contributed by atoms with E-state index in [2.05, 4.69) is 15.9 Å². The molecule has 0 spiro atoms. The molecule has 3 rings (SSSR count). The minimum atomic E-state index is -0.797. The van der Waals surface area contributed by atoms with E-state index in [9.17, 15) is 9.90 Å². The van der Waals surface area contributed by atoms with Crippen LogP contribution in [0.1, 0.15) is 50.2 Å². The van der Waals surface area contributed by atoms with Gasteiger partial charge in [-0.25, -0.2) is 0 Å². The third-order valence-electron chi connectivity index (χ3n) is 4.79. The summed E-state index contributed by atoms with van der Waals surface area (Å²) in [4.78, 5) is 12.1. The molecular formula is C17H21BrO4. The third-order valence-corrected chi connectivity index (χ3v) is 5.41. The first-order valence-corrected chi connectivity index (χ1v) is 8.74. The summed E-state index contributed by atoms with van der Waals surface area (Å²) in [6.45, 7) is 3.29. The second-order valence-corrected chi connectivity index (χ2v) is 6.89. The number of carbonyl (C=O) groups is 1. The number of halogens is 1. The summed E-state index contributed by atoms with van der Waals surface area (Å²) in [5, 5.41) is 9.93. The van der Waals surface area contributed by atoms with Crippen LogP contribution in [0, 0.1) is 0 Å². The molecule has 0 bridgehead atoms. The van der Waals surface area contributed by atoms with Crippen molar-refractivity contribution in [3.63, 3.8) is 0 Å². The number of aliphatic carboxylic acids is 1. The largest absolute Gasteiger partial charge is 0.490 e. The molecule has 1 aliphatic heterocycles. The average Bonchev–Trinajstić information content (AvgIpc) is 2.87. The lowest BCUT2D eigenvalue weighted by Gasteiger charge is -2.30. The van der Waals surface area contributed by atoms with E-state index in [1.807, 2.05) is 13.0 Å². The van der Waals surface area contributed by atoms with Crippen LogP contribution in [0.3, 0.4) is 0 Å². The fourth-order valence-electron chi connectivity index (χ4n) is 3.74. The smallest absolute Gasteiger partial charge is 0.314 e. The Kier molecular flexibility index (Phi) is 4.35. The zero-order valence-corrected chi connectivity index (χ0v) is 14.4. The fraction of sp³-hybridized carbons (Fsp3) is 0.588. The van der Waals surface area contributed by atoms with Crippen molar-refractivity contribution >= 4 is 21.9 Å². The maximum atomic E-state index is 12.1. The van der Waals surface area contributed by atoms with Crippen LogP contribution < -0.4 is 9.47 Å². The van der Waals surface area contributed by atoms with Crippen LogP contribution in [-0.4, -0.2) is 24.3 Å². The second-order valence-electron chi connectivity index (χ2n) is 6.04. The Labute approximate surface area is 138 Å². The van der Waals surface area contributed by atoms with Gasteiger partial charge in [-0.3, -0.25) is 4.79 Å². The summed E-state index contributed by atoms with van der Waals surface area (Å²) in [5.74, 6) is 0.740. The van der Waals surface area contributed by atoms with Gasteiger partial charge in [-0.05, 0) is 30.9 Å². The maximum Gasteiger partial charge on any atom is 0.314 e. The van der Waals surface area contributed by atoms with Crippen LogP contribution in [0.2, 0.25) is 0 Å². The first kappa shape index (κ1) is 15.7. The lowest BCUT2D eigenvalue weighted by atomic mass is 9.76. The standard InChI is InChI=1S/C17H21BrO4/c1-2-11-14(17(16(19)20)6-3-4-7-17)12(18)10-13-15(11)22-9-5-8-21-13/h10H,2-9H2,1H3,(H,19,20). The fourth-order valence-corrected chi connectivity index (χ4v) is 4.57. The molecule has 0 aromatic heterocycles. The molecule has 2 aliphatic rings. The molecule has 0 radical (unpaired) electrons. The molecular weight excluding hydrogens is 348 g/mol. The Morgan fingerprint density at radius 2 is 1.95 bits per heavy atom. The Bertz CT molecular complexity index is 591. The summed E-state index contributed by atoms with van der Waals surface area (Å²) >= 11 is 3.61. The van der Waals surface area contributed by atoms with E-state index in [0.29, 0.717) is 26.1 Å². The van der Waals surface area contributed by atoms with Gasteiger partial charge in [0.2, 0.25) is 0 Å². The van der Waals surface area contributed by atoms with Crippen LogP contribution in [0.5, 0.6) is 11.5 Å². The highest BCUT2D eigenvalue weighted by Crippen LogP contribution is 2.50. The molecule has 1 saturated carbocycles. The first-order valence-electron chi connectivity index (χ1n) is 7.95. The Morgan fingerprint density at radius 3 is 2.59 bits per heavy atom. The minimum absolute atomic E-state index is 0.612. The van der Waals surface area contributed by atoms with Gasteiger partial charge in [-0.1, -0.05) is 35.7 Å². The van der Waals surface area contributed by atoms with Gasteiger partial charge >= 0.3 is 5.97 Å². The van der Waals surface area contributed by atoms with Gasteiger partial charge in [-0.2, -0.15) is 0 Å². The molecule has 4 nitrogen and oxygen atoms in total. The number of rotatable bonds is 3. The summed E-state index contributed by atoms with van der Waals surface area (Å²) in [7, 11) is 0. The number of benzene rings is 1. The van der Waals surface area contributed by atoms with Crippen molar-refractivity contribution in [3.05, 3.63) is 21.7 Å². The summed E-state index contributed by atoms with van der Waals surface area (Å²) in [6, 6.07) is 1.89. The van der Waals surface area contributed by atoms with Gasteiger partial charge in [0.1, 0.15) is 0 Å². The van der Waals surface area contributed by atoms with Crippen molar-refractivity contribution in [1.82, 2.24) is 0 Å². The van der Waals surface area contributed by atoms with Crippen molar-refractivity contribution in [1.29, 1.82) is 0 Å². The molecule has 0 saturated heterocycles. The third kappa shape index (κ3) is 2.39. The number of fused-ring (bicyclic) bond motifs is 1. The molecule has 5 heteroatoms. The Hall–Kier alpha value is -1.23.